The zero-order valence-corrected chi connectivity index (χ0v) is 11.6. The molecule has 1 aromatic heterocycles. The van der Waals surface area contributed by atoms with Gasteiger partial charge >= 0.3 is 0 Å². The predicted octanol–water partition coefficient (Wildman–Crippen LogP) is 4.42. The van der Waals surface area contributed by atoms with E-state index < -0.39 is 0 Å². The van der Waals surface area contributed by atoms with E-state index in [2.05, 4.69) is 24.1 Å². The van der Waals surface area contributed by atoms with Crippen LogP contribution in [0.2, 0.25) is 5.15 Å². The van der Waals surface area contributed by atoms with Crippen molar-refractivity contribution in [3.63, 3.8) is 0 Å². The Morgan fingerprint density at radius 3 is 2.76 bits per heavy atom. The van der Waals surface area contributed by atoms with E-state index >= 15 is 0 Å². The van der Waals surface area contributed by atoms with Crippen molar-refractivity contribution in [1.29, 1.82) is 0 Å². The molecule has 0 amide bonds. The Hall–Kier alpha value is -0.760. The van der Waals surface area contributed by atoms with Crippen molar-refractivity contribution in [2.75, 3.05) is 5.32 Å². The number of halogens is 1. The highest BCUT2D eigenvalue weighted by Crippen LogP contribution is 2.37. The van der Waals surface area contributed by atoms with Crippen LogP contribution in [0.4, 0.5) is 5.69 Å². The number of pyridine rings is 1. The number of hydrogen-bond acceptors (Lipinski definition) is 2. The largest absolute Gasteiger partial charge is 0.380 e. The first-order valence-corrected chi connectivity index (χ1v) is 6.76. The summed E-state index contributed by atoms with van der Waals surface area (Å²) < 4.78 is 0. The van der Waals surface area contributed by atoms with Crippen LogP contribution in [0.15, 0.2) is 12.1 Å². The molecule has 1 aliphatic rings. The summed E-state index contributed by atoms with van der Waals surface area (Å²) in [7, 11) is 0. The van der Waals surface area contributed by atoms with Gasteiger partial charge in [0.15, 0.2) is 0 Å². The lowest BCUT2D eigenvalue weighted by molar-refractivity contribution is 0.217. The first-order chi connectivity index (χ1) is 7.99. The van der Waals surface area contributed by atoms with Crippen molar-refractivity contribution < 1.29 is 0 Å². The number of nitrogens with one attached hydrogen (secondary N) is 1. The maximum Gasteiger partial charge on any atom is 0.129 e. The monoisotopic (exact) mass is 252 g/mol. The summed E-state index contributed by atoms with van der Waals surface area (Å²) >= 11 is 5.88. The van der Waals surface area contributed by atoms with Gasteiger partial charge in [0.2, 0.25) is 0 Å². The lowest BCUT2D eigenvalue weighted by Gasteiger charge is -2.39. The molecule has 2 rings (SSSR count). The van der Waals surface area contributed by atoms with Gasteiger partial charge in [-0.15, -0.1) is 0 Å². The highest BCUT2D eigenvalue weighted by atomic mass is 35.5. The second-order valence-electron chi connectivity index (χ2n) is 5.70. The fourth-order valence-electron chi connectivity index (χ4n) is 2.63. The number of anilines is 1. The average Bonchev–Trinajstić information content (AvgIpc) is 2.24. The molecule has 1 heterocycles. The third-order valence-electron chi connectivity index (χ3n) is 3.89. The maximum absolute atomic E-state index is 5.88. The second kappa shape index (κ2) is 4.85. The molecule has 1 fully saturated rings. The third kappa shape index (κ3) is 2.92. The highest BCUT2D eigenvalue weighted by molar-refractivity contribution is 6.29. The van der Waals surface area contributed by atoms with E-state index in [0.29, 0.717) is 16.6 Å². The van der Waals surface area contributed by atoms with Crippen LogP contribution in [0.3, 0.4) is 0 Å². The van der Waals surface area contributed by atoms with Crippen LogP contribution in [0, 0.1) is 12.3 Å². The highest BCUT2D eigenvalue weighted by Gasteiger charge is 2.32. The van der Waals surface area contributed by atoms with E-state index in [9.17, 15) is 0 Å². The van der Waals surface area contributed by atoms with Gasteiger partial charge in [-0.2, -0.15) is 0 Å². The molecule has 0 aromatic carbocycles. The molecule has 1 N–H and O–H groups in total. The van der Waals surface area contributed by atoms with E-state index in [-0.39, 0.29) is 0 Å². The van der Waals surface area contributed by atoms with E-state index in [0.717, 1.165) is 11.4 Å². The lowest BCUT2D eigenvalue weighted by Crippen LogP contribution is -2.39. The molecular formula is C14H21ClN2. The molecule has 0 aliphatic heterocycles. The minimum atomic E-state index is 0.365. The molecule has 3 heteroatoms. The molecular weight excluding hydrogens is 232 g/mol. The summed E-state index contributed by atoms with van der Waals surface area (Å²) in [5.74, 6) is 0. The molecule has 1 aromatic rings. The first kappa shape index (κ1) is 12.7. The minimum absolute atomic E-state index is 0.365. The van der Waals surface area contributed by atoms with Crippen LogP contribution in [0.25, 0.3) is 0 Å². The van der Waals surface area contributed by atoms with Crippen LogP contribution in [0.5, 0.6) is 0 Å². The SMILES string of the molecule is Cc1nc(Cl)ccc1NC1CCCCC1(C)C. The Bertz CT molecular complexity index is 401. The van der Waals surface area contributed by atoms with E-state index in [1.165, 1.54) is 25.7 Å². The fraction of sp³-hybridized carbons (Fsp3) is 0.643. The zero-order chi connectivity index (χ0) is 12.5. The van der Waals surface area contributed by atoms with Crippen LogP contribution in [-0.2, 0) is 0 Å². The van der Waals surface area contributed by atoms with Gasteiger partial charge in [-0.25, -0.2) is 4.98 Å². The van der Waals surface area contributed by atoms with E-state index in [1.54, 1.807) is 0 Å². The number of rotatable bonds is 2. The summed E-state index contributed by atoms with van der Waals surface area (Å²) in [6.45, 7) is 6.70. The van der Waals surface area contributed by atoms with Crippen LogP contribution < -0.4 is 5.32 Å². The van der Waals surface area contributed by atoms with E-state index in [4.69, 9.17) is 11.6 Å². The Morgan fingerprint density at radius 1 is 1.35 bits per heavy atom. The molecule has 0 bridgehead atoms. The summed E-state index contributed by atoms with van der Waals surface area (Å²) in [6.07, 6.45) is 5.21. The standard InChI is InChI=1S/C14H21ClN2/c1-10-11(7-8-13(15)16-10)17-12-6-4-5-9-14(12,2)3/h7-8,12,17H,4-6,9H2,1-3H3. The van der Waals surface area contributed by atoms with Crippen molar-refractivity contribution in [1.82, 2.24) is 4.98 Å². The molecule has 94 valence electrons. The Balaban J connectivity index is 2.14. The van der Waals surface area contributed by atoms with Crippen molar-refractivity contribution in [2.45, 2.75) is 52.5 Å². The van der Waals surface area contributed by atoms with Crippen molar-refractivity contribution >= 4 is 17.3 Å². The van der Waals surface area contributed by atoms with Crippen molar-refractivity contribution in [3.8, 4) is 0 Å². The fourth-order valence-corrected chi connectivity index (χ4v) is 2.82. The van der Waals surface area contributed by atoms with Gasteiger partial charge in [0.25, 0.3) is 0 Å². The lowest BCUT2D eigenvalue weighted by atomic mass is 9.73. The number of aromatic nitrogens is 1. The van der Waals surface area contributed by atoms with Gasteiger partial charge < -0.3 is 5.32 Å². The number of nitrogens with zero attached hydrogens (tertiary/aromatic N) is 1. The maximum atomic E-state index is 5.88. The Labute approximate surface area is 109 Å². The van der Waals surface area contributed by atoms with Crippen LogP contribution in [-0.4, -0.2) is 11.0 Å². The molecule has 0 spiro atoms. The Kier molecular flexibility index (Phi) is 3.62. The van der Waals surface area contributed by atoms with Crippen LogP contribution in [0.1, 0.15) is 45.2 Å². The molecule has 2 nitrogen and oxygen atoms in total. The summed E-state index contributed by atoms with van der Waals surface area (Å²) in [5.41, 5.74) is 2.47. The van der Waals surface area contributed by atoms with Gasteiger partial charge in [-0.1, -0.05) is 38.3 Å². The second-order valence-corrected chi connectivity index (χ2v) is 6.09. The third-order valence-corrected chi connectivity index (χ3v) is 4.10. The normalized spacial score (nSPS) is 23.4. The summed E-state index contributed by atoms with van der Waals surface area (Å²) in [5, 5.41) is 4.21. The number of aryl methyl sites for hydroxylation is 1. The van der Waals surface area contributed by atoms with Gasteiger partial charge in [0, 0.05) is 6.04 Å². The summed E-state index contributed by atoms with van der Waals surface area (Å²) in [6, 6.07) is 4.43. The Morgan fingerprint density at radius 2 is 2.12 bits per heavy atom. The average molecular weight is 253 g/mol. The predicted molar refractivity (Wildman–Crippen MR) is 73.6 cm³/mol. The quantitative estimate of drug-likeness (QED) is 0.788. The first-order valence-electron chi connectivity index (χ1n) is 6.39. The zero-order valence-electron chi connectivity index (χ0n) is 10.9. The molecule has 1 unspecified atom stereocenters. The molecule has 1 aliphatic carbocycles. The molecule has 0 radical (unpaired) electrons. The van der Waals surface area contributed by atoms with Gasteiger partial charge in [-0.05, 0) is 37.3 Å². The van der Waals surface area contributed by atoms with Gasteiger partial charge in [0.05, 0.1) is 11.4 Å². The molecule has 0 saturated heterocycles. The molecule has 17 heavy (non-hydrogen) atoms. The van der Waals surface area contributed by atoms with Gasteiger partial charge in [0.1, 0.15) is 5.15 Å². The molecule has 1 atom stereocenters. The smallest absolute Gasteiger partial charge is 0.129 e. The summed E-state index contributed by atoms with van der Waals surface area (Å²) in [4.78, 5) is 4.29. The van der Waals surface area contributed by atoms with Crippen molar-refractivity contribution in [3.05, 3.63) is 23.0 Å². The minimum Gasteiger partial charge on any atom is -0.380 e. The topological polar surface area (TPSA) is 24.9 Å². The van der Waals surface area contributed by atoms with Gasteiger partial charge in [-0.3, -0.25) is 0 Å². The van der Waals surface area contributed by atoms with Crippen LogP contribution >= 0.6 is 11.6 Å². The van der Waals surface area contributed by atoms with Crippen molar-refractivity contribution in [2.24, 2.45) is 5.41 Å². The molecule has 1 saturated carbocycles. The number of hydrogen-bond donors (Lipinski definition) is 1. The van der Waals surface area contributed by atoms with E-state index in [1.807, 2.05) is 19.1 Å².